The zero-order chi connectivity index (χ0) is 15.8. The Labute approximate surface area is 137 Å². The van der Waals surface area contributed by atoms with Crippen molar-refractivity contribution in [3.05, 3.63) is 16.1 Å². The van der Waals surface area contributed by atoms with Gasteiger partial charge >= 0.3 is 0 Å². The Morgan fingerprint density at radius 3 is 2.82 bits per heavy atom. The zero-order valence-corrected chi connectivity index (χ0v) is 14.8. The molecular formula is C16H28N4OS. The summed E-state index contributed by atoms with van der Waals surface area (Å²) in [4.78, 5) is 9.96. The molecule has 1 aromatic heterocycles. The number of hydrogen-bond acceptors (Lipinski definition) is 4. The number of thiazole rings is 1. The molecule has 2 N–H and O–H groups in total. The highest BCUT2D eigenvalue weighted by atomic mass is 32.1. The van der Waals surface area contributed by atoms with E-state index in [1.165, 1.54) is 29.1 Å². The van der Waals surface area contributed by atoms with Gasteiger partial charge in [-0.25, -0.2) is 4.98 Å². The first kappa shape index (κ1) is 17.2. The number of nitrogens with one attached hydrogen (secondary N) is 2. The van der Waals surface area contributed by atoms with Crippen molar-refractivity contribution in [3.63, 3.8) is 0 Å². The minimum absolute atomic E-state index is 0.403. The number of nitrogens with zero attached hydrogens (tertiary/aromatic N) is 2. The fourth-order valence-corrected chi connectivity index (χ4v) is 3.59. The third kappa shape index (κ3) is 4.95. The Balaban J connectivity index is 1.70. The van der Waals surface area contributed by atoms with Crippen molar-refractivity contribution in [2.24, 2.45) is 10.4 Å². The van der Waals surface area contributed by atoms with Crippen molar-refractivity contribution in [2.75, 3.05) is 33.9 Å². The lowest BCUT2D eigenvalue weighted by atomic mass is 9.67. The Hall–Kier alpha value is -1.14. The van der Waals surface area contributed by atoms with E-state index in [9.17, 15) is 0 Å². The summed E-state index contributed by atoms with van der Waals surface area (Å²) < 4.78 is 5.24. The zero-order valence-electron chi connectivity index (χ0n) is 13.9. The van der Waals surface area contributed by atoms with Crippen molar-refractivity contribution >= 4 is 17.3 Å². The van der Waals surface area contributed by atoms with Gasteiger partial charge in [-0.1, -0.05) is 6.42 Å². The summed E-state index contributed by atoms with van der Waals surface area (Å²) in [5.41, 5.74) is 0.403. The van der Waals surface area contributed by atoms with Gasteiger partial charge in [0.25, 0.3) is 0 Å². The molecule has 22 heavy (non-hydrogen) atoms. The average Bonchev–Trinajstić information content (AvgIpc) is 2.89. The summed E-state index contributed by atoms with van der Waals surface area (Å²) in [5, 5.41) is 8.03. The van der Waals surface area contributed by atoms with Gasteiger partial charge < -0.3 is 15.4 Å². The van der Waals surface area contributed by atoms with E-state index >= 15 is 0 Å². The van der Waals surface area contributed by atoms with Gasteiger partial charge in [0, 0.05) is 51.3 Å². The van der Waals surface area contributed by atoms with Crippen LogP contribution < -0.4 is 10.6 Å². The third-order valence-corrected chi connectivity index (χ3v) is 5.38. The number of hydrogen-bond donors (Lipinski definition) is 2. The summed E-state index contributed by atoms with van der Waals surface area (Å²) in [6.07, 6.45) is 7.92. The molecule has 0 spiro atoms. The van der Waals surface area contributed by atoms with Gasteiger partial charge in [0.15, 0.2) is 5.96 Å². The second-order valence-corrected chi connectivity index (χ2v) is 7.38. The number of aromatic nitrogens is 1. The van der Waals surface area contributed by atoms with Crippen LogP contribution in [-0.4, -0.2) is 44.8 Å². The number of aryl methyl sites for hydroxylation is 1. The predicted octanol–water partition coefficient (Wildman–Crippen LogP) is 2.37. The highest BCUT2D eigenvalue weighted by molar-refractivity contribution is 7.11. The number of guanidine groups is 1. The molecule has 2 rings (SSSR count). The van der Waals surface area contributed by atoms with Crippen LogP contribution in [0.1, 0.15) is 35.6 Å². The summed E-state index contributed by atoms with van der Waals surface area (Å²) >= 11 is 1.76. The maximum atomic E-state index is 5.24. The Morgan fingerprint density at radius 2 is 2.27 bits per heavy atom. The van der Waals surface area contributed by atoms with Gasteiger partial charge in [-0.3, -0.25) is 4.99 Å². The Bertz CT molecular complexity index is 482. The van der Waals surface area contributed by atoms with Crippen LogP contribution in [0.2, 0.25) is 0 Å². The largest absolute Gasteiger partial charge is 0.385 e. The van der Waals surface area contributed by atoms with Crippen molar-refractivity contribution in [2.45, 2.75) is 39.0 Å². The van der Waals surface area contributed by atoms with Crippen molar-refractivity contribution < 1.29 is 4.74 Å². The van der Waals surface area contributed by atoms with Gasteiger partial charge in [0.2, 0.25) is 0 Å². The third-order valence-electron chi connectivity index (χ3n) is 4.41. The van der Waals surface area contributed by atoms with Gasteiger partial charge in [0.1, 0.15) is 0 Å². The molecule has 0 bridgehead atoms. The molecule has 0 aliphatic heterocycles. The fourth-order valence-electron chi connectivity index (χ4n) is 2.81. The van der Waals surface area contributed by atoms with Crippen LogP contribution in [0.4, 0.5) is 0 Å². The van der Waals surface area contributed by atoms with E-state index in [2.05, 4.69) is 27.5 Å². The molecule has 6 heteroatoms. The van der Waals surface area contributed by atoms with Crippen LogP contribution in [-0.2, 0) is 11.2 Å². The van der Waals surface area contributed by atoms with E-state index in [0.717, 1.165) is 38.5 Å². The van der Waals surface area contributed by atoms with E-state index < -0.39 is 0 Å². The van der Waals surface area contributed by atoms with E-state index in [1.807, 2.05) is 13.2 Å². The molecule has 5 nitrogen and oxygen atoms in total. The lowest BCUT2D eigenvalue weighted by Crippen LogP contribution is -2.47. The monoisotopic (exact) mass is 324 g/mol. The molecule has 1 aliphatic carbocycles. The SMILES string of the molecule is CN=C(NCCc1ncc(C)s1)NCC1(CCOC)CCC1. The Kier molecular flexibility index (Phi) is 6.64. The lowest BCUT2D eigenvalue weighted by Gasteiger charge is -2.42. The average molecular weight is 324 g/mol. The second-order valence-electron chi connectivity index (χ2n) is 6.06. The van der Waals surface area contributed by atoms with Gasteiger partial charge in [-0.15, -0.1) is 11.3 Å². The van der Waals surface area contributed by atoms with Crippen LogP contribution in [0.3, 0.4) is 0 Å². The molecule has 1 saturated carbocycles. The molecule has 0 amide bonds. The molecule has 0 radical (unpaired) electrons. The minimum Gasteiger partial charge on any atom is -0.385 e. The smallest absolute Gasteiger partial charge is 0.191 e. The standard InChI is InChI=1S/C16H28N4OS/c1-13-11-19-14(22-13)5-9-18-15(17-2)20-12-16(6-4-7-16)8-10-21-3/h11H,4-10,12H2,1-3H3,(H2,17,18,20). The Morgan fingerprint density at radius 1 is 1.45 bits per heavy atom. The number of aliphatic imine (C=N–C) groups is 1. The number of ether oxygens (including phenoxy) is 1. The first-order valence-electron chi connectivity index (χ1n) is 8.02. The maximum absolute atomic E-state index is 5.24. The molecule has 1 fully saturated rings. The molecule has 0 aromatic carbocycles. The van der Waals surface area contributed by atoms with Crippen molar-refractivity contribution in [3.8, 4) is 0 Å². The molecular weight excluding hydrogens is 296 g/mol. The van der Waals surface area contributed by atoms with E-state index in [4.69, 9.17) is 4.74 Å². The quantitative estimate of drug-likeness (QED) is 0.569. The number of rotatable bonds is 8. The summed E-state index contributed by atoms with van der Waals surface area (Å²) in [6.45, 7) is 4.77. The first-order valence-corrected chi connectivity index (χ1v) is 8.84. The molecule has 0 saturated heterocycles. The predicted molar refractivity (Wildman–Crippen MR) is 92.7 cm³/mol. The normalized spacial score (nSPS) is 17.1. The van der Waals surface area contributed by atoms with E-state index in [0.29, 0.717) is 5.41 Å². The van der Waals surface area contributed by atoms with Gasteiger partial charge in [-0.2, -0.15) is 0 Å². The maximum Gasteiger partial charge on any atom is 0.191 e. The van der Waals surface area contributed by atoms with Crippen LogP contribution in [0.5, 0.6) is 0 Å². The van der Waals surface area contributed by atoms with Crippen LogP contribution in [0.15, 0.2) is 11.2 Å². The van der Waals surface area contributed by atoms with Crippen molar-refractivity contribution in [1.29, 1.82) is 0 Å². The summed E-state index contributed by atoms with van der Waals surface area (Å²) in [6, 6.07) is 0. The van der Waals surface area contributed by atoms with Crippen LogP contribution >= 0.6 is 11.3 Å². The minimum atomic E-state index is 0.403. The summed E-state index contributed by atoms with van der Waals surface area (Å²) in [5.74, 6) is 0.886. The highest BCUT2D eigenvalue weighted by Crippen LogP contribution is 2.43. The van der Waals surface area contributed by atoms with Gasteiger partial charge in [0.05, 0.1) is 5.01 Å². The molecule has 0 unspecified atom stereocenters. The van der Waals surface area contributed by atoms with E-state index in [1.54, 1.807) is 18.4 Å². The number of methoxy groups -OCH3 is 1. The summed E-state index contributed by atoms with van der Waals surface area (Å²) in [7, 11) is 3.60. The van der Waals surface area contributed by atoms with Gasteiger partial charge in [-0.05, 0) is 31.6 Å². The van der Waals surface area contributed by atoms with Crippen LogP contribution in [0.25, 0.3) is 0 Å². The molecule has 0 atom stereocenters. The fraction of sp³-hybridized carbons (Fsp3) is 0.750. The van der Waals surface area contributed by atoms with E-state index in [-0.39, 0.29) is 0 Å². The van der Waals surface area contributed by atoms with Crippen molar-refractivity contribution in [1.82, 2.24) is 15.6 Å². The molecule has 1 aromatic rings. The first-order chi connectivity index (χ1) is 10.7. The molecule has 124 valence electrons. The van der Waals surface area contributed by atoms with Crippen LogP contribution in [0, 0.1) is 12.3 Å². The second kappa shape index (κ2) is 8.48. The highest BCUT2D eigenvalue weighted by Gasteiger charge is 2.36. The topological polar surface area (TPSA) is 58.5 Å². The lowest BCUT2D eigenvalue weighted by molar-refractivity contribution is 0.0732. The molecule has 1 heterocycles. The molecule has 1 aliphatic rings.